The van der Waals surface area contributed by atoms with E-state index in [0.717, 1.165) is 5.56 Å². The van der Waals surface area contributed by atoms with Gasteiger partial charge < -0.3 is 5.11 Å². The first-order valence-corrected chi connectivity index (χ1v) is 5.74. The number of hydrogen-bond acceptors (Lipinski definition) is 2. The maximum absolute atomic E-state index is 11.9. The molecule has 0 amide bonds. The molecule has 2 aromatic rings. The number of aliphatic hydroxyl groups excluding tert-OH is 1. The van der Waals surface area contributed by atoms with E-state index in [4.69, 9.17) is 0 Å². The lowest BCUT2D eigenvalue weighted by atomic mass is 10.1. The van der Waals surface area contributed by atoms with Crippen LogP contribution in [0.1, 0.15) is 21.5 Å². The fraction of sp³-hybridized carbons (Fsp3) is 0.0625. The lowest BCUT2D eigenvalue weighted by Crippen LogP contribution is -1.96. The minimum Gasteiger partial charge on any atom is -0.507 e. The van der Waals surface area contributed by atoms with Crippen LogP contribution in [0.15, 0.2) is 60.7 Å². The molecule has 0 bridgehead atoms. The highest BCUT2D eigenvalue weighted by Gasteiger charge is 2.05. The summed E-state index contributed by atoms with van der Waals surface area (Å²) >= 11 is 0. The van der Waals surface area contributed by atoms with E-state index in [1.54, 1.807) is 24.3 Å². The summed E-state index contributed by atoms with van der Waals surface area (Å²) < 4.78 is 0. The summed E-state index contributed by atoms with van der Waals surface area (Å²) in [5, 5.41) is 9.85. The van der Waals surface area contributed by atoms with Crippen molar-refractivity contribution in [3.63, 3.8) is 0 Å². The molecule has 0 fully saturated rings. The fourth-order valence-corrected chi connectivity index (χ4v) is 1.62. The van der Waals surface area contributed by atoms with Crippen LogP contribution in [-0.2, 0) is 0 Å². The van der Waals surface area contributed by atoms with E-state index in [9.17, 15) is 9.90 Å². The number of rotatable bonds is 3. The Morgan fingerprint density at radius 3 is 2.17 bits per heavy atom. The van der Waals surface area contributed by atoms with Crippen LogP contribution in [0.5, 0.6) is 0 Å². The molecule has 0 saturated carbocycles. The largest absolute Gasteiger partial charge is 0.507 e. The quantitative estimate of drug-likeness (QED) is 0.502. The van der Waals surface area contributed by atoms with Crippen molar-refractivity contribution in [2.24, 2.45) is 0 Å². The Kier molecular flexibility index (Phi) is 3.58. The van der Waals surface area contributed by atoms with E-state index in [1.807, 2.05) is 37.3 Å². The molecular weight excluding hydrogens is 224 g/mol. The van der Waals surface area contributed by atoms with Crippen LogP contribution < -0.4 is 0 Å². The predicted molar refractivity (Wildman–Crippen MR) is 72.6 cm³/mol. The molecule has 0 aromatic heterocycles. The standard InChI is InChI=1S/C16H14O2/c1-12-7-9-14(10-8-12)16(18)11-15(17)13-5-3-2-4-6-13/h2-11,17H,1H3/b15-11-. The Hall–Kier alpha value is -2.35. The molecule has 2 nitrogen and oxygen atoms in total. The Labute approximate surface area is 106 Å². The molecule has 0 unspecified atom stereocenters. The molecule has 0 heterocycles. The average Bonchev–Trinajstić information content (AvgIpc) is 2.40. The lowest BCUT2D eigenvalue weighted by Gasteiger charge is -2.00. The molecule has 1 N–H and O–H groups in total. The number of benzene rings is 2. The zero-order chi connectivity index (χ0) is 13.0. The molecule has 2 aromatic carbocycles. The molecule has 2 rings (SSSR count). The average molecular weight is 238 g/mol. The minimum absolute atomic E-state index is 0.0128. The number of carbonyl (C=O) groups excluding carboxylic acids is 1. The number of allylic oxidation sites excluding steroid dienone is 1. The molecule has 0 aliphatic rings. The minimum atomic E-state index is -0.198. The second kappa shape index (κ2) is 5.32. The van der Waals surface area contributed by atoms with E-state index in [0.29, 0.717) is 11.1 Å². The van der Waals surface area contributed by atoms with Crippen molar-refractivity contribution in [3.05, 3.63) is 77.4 Å². The Morgan fingerprint density at radius 1 is 0.944 bits per heavy atom. The zero-order valence-corrected chi connectivity index (χ0v) is 10.1. The lowest BCUT2D eigenvalue weighted by molar-refractivity contribution is 0.104. The molecule has 0 aliphatic carbocycles. The molecule has 90 valence electrons. The van der Waals surface area contributed by atoms with Gasteiger partial charge in [-0.25, -0.2) is 0 Å². The monoisotopic (exact) mass is 238 g/mol. The highest BCUT2D eigenvalue weighted by molar-refractivity contribution is 6.07. The first kappa shape index (κ1) is 12.1. The van der Waals surface area contributed by atoms with Crippen LogP contribution in [0.2, 0.25) is 0 Å². The van der Waals surface area contributed by atoms with Crippen molar-refractivity contribution in [2.75, 3.05) is 0 Å². The van der Waals surface area contributed by atoms with Crippen LogP contribution in [0.4, 0.5) is 0 Å². The second-order valence-corrected chi connectivity index (χ2v) is 4.13. The molecule has 0 aliphatic heterocycles. The summed E-state index contributed by atoms with van der Waals surface area (Å²) in [6.07, 6.45) is 1.25. The maximum atomic E-state index is 11.9. The van der Waals surface area contributed by atoms with Gasteiger partial charge >= 0.3 is 0 Å². The third kappa shape index (κ3) is 2.86. The van der Waals surface area contributed by atoms with Crippen LogP contribution >= 0.6 is 0 Å². The maximum Gasteiger partial charge on any atom is 0.189 e. The summed E-state index contributed by atoms with van der Waals surface area (Å²) in [6.45, 7) is 1.96. The Morgan fingerprint density at radius 2 is 1.56 bits per heavy atom. The summed E-state index contributed by atoms with van der Waals surface area (Å²) in [6, 6.07) is 16.3. The molecule has 18 heavy (non-hydrogen) atoms. The highest BCUT2D eigenvalue weighted by atomic mass is 16.3. The van der Waals surface area contributed by atoms with E-state index in [2.05, 4.69) is 0 Å². The van der Waals surface area contributed by atoms with Gasteiger partial charge in [-0.1, -0.05) is 60.2 Å². The number of carbonyl (C=O) groups is 1. The molecule has 0 radical (unpaired) electrons. The van der Waals surface area contributed by atoms with Crippen LogP contribution in [-0.4, -0.2) is 10.9 Å². The fourth-order valence-electron chi connectivity index (χ4n) is 1.62. The SMILES string of the molecule is Cc1ccc(C(=O)/C=C(\O)c2ccccc2)cc1. The van der Waals surface area contributed by atoms with Gasteiger partial charge in [-0.3, -0.25) is 4.79 Å². The van der Waals surface area contributed by atoms with Crippen molar-refractivity contribution >= 4 is 11.5 Å². The summed E-state index contributed by atoms with van der Waals surface area (Å²) in [7, 11) is 0. The number of aryl methyl sites for hydroxylation is 1. The molecular formula is C16H14O2. The predicted octanol–water partition coefficient (Wildman–Crippen LogP) is 3.78. The molecule has 2 heteroatoms. The van der Waals surface area contributed by atoms with E-state index >= 15 is 0 Å². The van der Waals surface area contributed by atoms with E-state index in [1.165, 1.54) is 6.08 Å². The van der Waals surface area contributed by atoms with Gasteiger partial charge in [0.1, 0.15) is 5.76 Å². The summed E-state index contributed by atoms with van der Waals surface area (Å²) in [5.74, 6) is -0.211. The zero-order valence-electron chi connectivity index (χ0n) is 10.1. The van der Waals surface area contributed by atoms with Gasteiger partial charge in [0.25, 0.3) is 0 Å². The van der Waals surface area contributed by atoms with E-state index < -0.39 is 0 Å². The van der Waals surface area contributed by atoms with Crippen molar-refractivity contribution in [3.8, 4) is 0 Å². The number of hydrogen-bond donors (Lipinski definition) is 1. The van der Waals surface area contributed by atoms with Gasteiger partial charge in [-0.15, -0.1) is 0 Å². The highest BCUT2D eigenvalue weighted by Crippen LogP contribution is 2.12. The van der Waals surface area contributed by atoms with Gasteiger partial charge in [0.2, 0.25) is 0 Å². The van der Waals surface area contributed by atoms with Gasteiger partial charge in [-0.05, 0) is 6.92 Å². The normalized spacial score (nSPS) is 11.3. The summed E-state index contributed by atoms with van der Waals surface area (Å²) in [4.78, 5) is 11.9. The first-order valence-electron chi connectivity index (χ1n) is 5.74. The summed E-state index contributed by atoms with van der Waals surface area (Å²) in [5.41, 5.74) is 2.31. The third-order valence-corrected chi connectivity index (χ3v) is 2.67. The second-order valence-electron chi connectivity index (χ2n) is 4.13. The molecule has 0 atom stereocenters. The van der Waals surface area contributed by atoms with Crippen LogP contribution in [0.25, 0.3) is 5.76 Å². The molecule has 0 saturated heterocycles. The number of aliphatic hydroxyl groups is 1. The Bertz CT molecular complexity index is 566. The smallest absolute Gasteiger partial charge is 0.189 e. The van der Waals surface area contributed by atoms with Crippen molar-refractivity contribution in [1.29, 1.82) is 0 Å². The van der Waals surface area contributed by atoms with Crippen LogP contribution in [0.3, 0.4) is 0 Å². The van der Waals surface area contributed by atoms with Crippen molar-refractivity contribution < 1.29 is 9.90 Å². The topological polar surface area (TPSA) is 37.3 Å². The van der Waals surface area contributed by atoms with Gasteiger partial charge in [-0.2, -0.15) is 0 Å². The Balaban J connectivity index is 2.23. The molecule has 0 spiro atoms. The van der Waals surface area contributed by atoms with Gasteiger partial charge in [0.05, 0.1) is 0 Å². The van der Waals surface area contributed by atoms with Gasteiger partial charge in [0, 0.05) is 17.2 Å². The third-order valence-electron chi connectivity index (χ3n) is 2.67. The van der Waals surface area contributed by atoms with Crippen molar-refractivity contribution in [2.45, 2.75) is 6.92 Å². The van der Waals surface area contributed by atoms with Gasteiger partial charge in [0.15, 0.2) is 5.78 Å². The van der Waals surface area contributed by atoms with Crippen molar-refractivity contribution in [1.82, 2.24) is 0 Å². The number of ketones is 1. The van der Waals surface area contributed by atoms with Crippen LogP contribution in [0, 0.1) is 6.92 Å². The van der Waals surface area contributed by atoms with E-state index in [-0.39, 0.29) is 11.5 Å². The first-order chi connectivity index (χ1) is 8.66.